The summed E-state index contributed by atoms with van der Waals surface area (Å²) in [6.07, 6.45) is 44.0. The van der Waals surface area contributed by atoms with Crippen molar-refractivity contribution in [2.75, 3.05) is 13.1 Å². The van der Waals surface area contributed by atoms with Crippen molar-refractivity contribution in [2.24, 2.45) is 0 Å². The van der Waals surface area contributed by atoms with E-state index in [1.165, 1.54) is 186 Å². The molecule has 0 bridgehead atoms. The summed E-state index contributed by atoms with van der Waals surface area (Å²) < 4.78 is 0. The quantitative estimate of drug-likeness (QED) is 0.0908. The standard InChI is InChI=1S/C35H70N2/c1-4-7-10-13-16-18-19-21-24-27-30-35-36(31-28-25-22-15-12-9-6-3)33-34-37(35)32-29-26-23-20-17-14-11-8-5-2/h33-35H,4-32H2,1-3H3. The largest absolute Gasteiger partial charge is 0.356 e. The van der Waals surface area contributed by atoms with Crippen LogP contribution in [0, 0.1) is 0 Å². The summed E-state index contributed by atoms with van der Waals surface area (Å²) >= 11 is 0. The molecule has 0 fully saturated rings. The zero-order valence-corrected chi connectivity index (χ0v) is 26.1. The Kier molecular flexibility index (Phi) is 25.0. The van der Waals surface area contributed by atoms with E-state index in [0.717, 1.165) is 0 Å². The monoisotopic (exact) mass is 519 g/mol. The zero-order chi connectivity index (χ0) is 26.7. The van der Waals surface area contributed by atoms with Gasteiger partial charge in [0.25, 0.3) is 0 Å². The van der Waals surface area contributed by atoms with Crippen molar-refractivity contribution in [3.63, 3.8) is 0 Å². The highest BCUT2D eigenvalue weighted by atomic mass is 15.4. The first-order valence-corrected chi connectivity index (χ1v) is 17.5. The van der Waals surface area contributed by atoms with Crippen molar-refractivity contribution in [1.29, 1.82) is 0 Å². The summed E-state index contributed by atoms with van der Waals surface area (Å²) in [5, 5.41) is 0. The molecular formula is C35H70N2. The summed E-state index contributed by atoms with van der Waals surface area (Å²) in [4.78, 5) is 5.41. The highest BCUT2D eigenvalue weighted by Crippen LogP contribution is 2.24. The minimum atomic E-state index is 0.642. The first kappa shape index (κ1) is 34.4. The predicted octanol–water partition coefficient (Wildman–Crippen LogP) is 12.0. The maximum Gasteiger partial charge on any atom is 0.101 e. The lowest BCUT2D eigenvalue weighted by Gasteiger charge is -2.33. The minimum Gasteiger partial charge on any atom is -0.356 e. The fourth-order valence-corrected chi connectivity index (χ4v) is 6.01. The van der Waals surface area contributed by atoms with Crippen molar-refractivity contribution in [3.8, 4) is 0 Å². The fourth-order valence-electron chi connectivity index (χ4n) is 6.01. The molecule has 0 N–H and O–H groups in total. The molecule has 0 saturated carbocycles. The van der Waals surface area contributed by atoms with Gasteiger partial charge in [0.15, 0.2) is 0 Å². The molecule has 0 aromatic rings. The molecule has 2 nitrogen and oxygen atoms in total. The van der Waals surface area contributed by atoms with Gasteiger partial charge in [0.1, 0.15) is 6.17 Å². The van der Waals surface area contributed by atoms with Crippen LogP contribution < -0.4 is 0 Å². The van der Waals surface area contributed by atoms with Crippen LogP contribution >= 0.6 is 0 Å². The van der Waals surface area contributed by atoms with Crippen LogP contribution in [0.4, 0.5) is 0 Å². The van der Waals surface area contributed by atoms with E-state index in [4.69, 9.17) is 0 Å². The topological polar surface area (TPSA) is 6.48 Å². The first-order chi connectivity index (χ1) is 18.3. The summed E-state index contributed by atoms with van der Waals surface area (Å²) in [5.74, 6) is 0. The van der Waals surface area contributed by atoms with Crippen LogP contribution in [-0.2, 0) is 0 Å². The lowest BCUT2D eigenvalue weighted by atomic mass is 10.0. The van der Waals surface area contributed by atoms with Gasteiger partial charge in [-0.05, 0) is 25.7 Å². The van der Waals surface area contributed by atoms with Gasteiger partial charge in [0, 0.05) is 25.5 Å². The van der Waals surface area contributed by atoms with E-state index in [0.29, 0.717) is 6.17 Å². The Morgan fingerprint density at radius 3 is 0.946 bits per heavy atom. The molecule has 1 heterocycles. The number of rotatable bonds is 29. The summed E-state index contributed by atoms with van der Waals surface area (Å²) in [6.45, 7) is 9.47. The van der Waals surface area contributed by atoms with Crippen LogP contribution in [0.3, 0.4) is 0 Å². The molecular weight excluding hydrogens is 448 g/mol. The third kappa shape index (κ3) is 20.0. The van der Waals surface area contributed by atoms with Gasteiger partial charge in [-0.1, -0.05) is 168 Å². The van der Waals surface area contributed by atoms with Gasteiger partial charge in [-0.3, -0.25) is 0 Å². The summed E-state index contributed by atoms with van der Waals surface area (Å²) in [5.41, 5.74) is 0. The summed E-state index contributed by atoms with van der Waals surface area (Å²) in [7, 11) is 0. The molecule has 37 heavy (non-hydrogen) atoms. The van der Waals surface area contributed by atoms with E-state index < -0.39 is 0 Å². The van der Waals surface area contributed by atoms with Crippen molar-refractivity contribution < 1.29 is 0 Å². The van der Waals surface area contributed by atoms with Crippen molar-refractivity contribution in [3.05, 3.63) is 12.4 Å². The molecule has 2 heteroatoms. The molecule has 1 unspecified atom stereocenters. The molecule has 0 aliphatic carbocycles. The van der Waals surface area contributed by atoms with E-state index in [1.807, 2.05) is 0 Å². The number of hydrogen-bond acceptors (Lipinski definition) is 2. The highest BCUT2D eigenvalue weighted by molar-refractivity contribution is 4.97. The highest BCUT2D eigenvalue weighted by Gasteiger charge is 2.24. The van der Waals surface area contributed by atoms with E-state index in [2.05, 4.69) is 43.0 Å². The van der Waals surface area contributed by atoms with E-state index in [-0.39, 0.29) is 0 Å². The van der Waals surface area contributed by atoms with Crippen LogP contribution in [0.15, 0.2) is 12.4 Å². The zero-order valence-electron chi connectivity index (χ0n) is 26.1. The molecule has 1 aliphatic rings. The van der Waals surface area contributed by atoms with Crippen molar-refractivity contribution >= 4 is 0 Å². The molecule has 1 rings (SSSR count). The number of hydrogen-bond donors (Lipinski definition) is 0. The smallest absolute Gasteiger partial charge is 0.101 e. The maximum atomic E-state index is 2.70. The Bertz CT molecular complexity index is 474. The molecule has 0 spiro atoms. The summed E-state index contributed by atoms with van der Waals surface area (Å²) in [6, 6.07) is 0. The second-order valence-corrected chi connectivity index (χ2v) is 12.2. The van der Waals surface area contributed by atoms with Crippen LogP contribution in [0.25, 0.3) is 0 Å². The molecule has 0 amide bonds. The first-order valence-electron chi connectivity index (χ1n) is 17.5. The van der Waals surface area contributed by atoms with Gasteiger partial charge in [-0.15, -0.1) is 0 Å². The Morgan fingerprint density at radius 2 is 0.622 bits per heavy atom. The van der Waals surface area contributed by atoms with Gasteiger partial charge in [-0.25, -0.2) is 0 Å². The maximum absolute atomic E-state index is 2.70. The van der Waals surface area contributed by atoms with E-state index in [1.54, 1.807) is 0 Å². The number of unbranched alkanes of at least 4 members (excludes halogenated alkanes) is 23. The molecule has 1 aliphatic heterocycles. The lowest BCUT2D eigenvalue weighted by molar-refractivity contribution is 0.135. The Labute approximate surface area is 235 Å². The van der Waals surface area contributed by atoms with E-state index in [9.17, 15) is 0 Å². The average Bonchev–Trinajstić information content (AvgIpc) is 3.29. The molecule has 1 atom stereocenters. The Balaban J connectivity index is 2.25. The van der Waals surface area contributed by atoms with E-state index >= 15 is 0 Å². The SMILES string of the molecule is CCCCCCCCCCCCC1N(CCCCCCCCC)C=CN1CCCCCCCCCCC. The van der Waals surface area contributed by atoms with Crippen molar-refractivity contribution in [2.45, 2.75) is 200 Å². The third-order valence-corrected chi connectivity index (χ3v) is 8.57. The van der Waals surface area contributed by atoms with Gasteiger partial charge < -0.3 is 9.80 Å². The van der Waals surface area contributed by atoms with Gasteiger partial charge in [-0.2, -0.15) is 0 Å². The molecule has 0 saturated heterocycles. The lowest BCUT2D eigenvalue weighted by Crippen LogP contribution is -2.39. The van der Waals surface area contributed by atoms with Crippen molar-refractivity contribution in [1.82, 2.24) is 9.80 Å². The van der Waals surface area contributed by atoms with Gasteiger partial charge in [0.05, 0.1) is 0 Å². The molecule has 0 aromatic heterocycles. The van der Waals surface area contributed by atoms with Crippen LogP contribution in [0.5, 0.6) is 0 Å². The molecule has 220 valence electrons. The minimum absolute atomic E-state index is 0.642. The fraction of sp³-hybridized carbons (Fsp3) is 0.943. The predicted molar refractivity (Wildman–Crippen MR) is 168 cm³/mol. The van der Waals surface area contributed by atoms with Gasteiger partial charge >= 0.3 is 0 Å². The normalized spacial score (nSPS) is 15.4. The van der Waals surface area contributed by atoms with Crippen LogP contribution in [0.1, 0.15) is 194 Å². The Morgan fingerprint density at radius 1 is 0.351 bits per heavy atom. The molecule has 0 radical (unpaired) electrons. The second-order valence-electron chi connectivity index (χ2n) is 12.2. The van der Waals surface area contributed by atoms with Crippen LogP contribution in [0.2, 0.25) is 0 Å². The molecule has 0 aromatic carbocycles. The number of nitrogens with zero attached hydrogens (tertiary/aromatic N) is 2. The van der Waals surface area contributed by atoms with Gasteiger partial charge in [0.2, 0.25) is 0 Å². The third-order valence-electron chi connectivity index (χ3n) is 8.57. The van der Waals surface area contributed by atoms with Crippen LogP contribution in [-0.4, -0.2) is 29.1 Å². The average molecular weight is 519 g/mol. The second kappa shape index (κ2) is 26.9. The Hall–Kier alpha value is -0.660.